The number of likely N-dealkylation sites (tertiary alicyclic amines) is 1. The molecule has 7 nitrogen and oxygen atoms in total. The molecule has 2 rings (SSSR count). The van der Waals surface area contributed by atoms with Gasteiger partial charge in [-0.05, 0) is 31.2 Å². The van der Waals surface area contributed by atoms with Crippen LogP contribution >= 0.6 is 11.8 Å². The van der Waals surface area contributed by atoms with Crippen LogP contribution < -0.4 is 5.32 Å². The van der Waals surface area contributed by atoms with Crippen molar-refractivity contribution in [2.45, 2.75) is 51.6 Å². The van der Waals surface area contributed by atoms with E-state index in [1.54, 1.807) is 6.92 Å². The first-order chi connectivity index (χ1) is 13.8. The molecule has 3 atom stereocenters. The van der Waals surface area contributed by atoms with Crippen LogP contribution in [0.3, 0.4) is 0 Å². The van der Waals surface area contributed by atoms with E-state index in [1.165, 1.54) is 11.8 Å². The highest BCUT2D eigenvalue weighted by Crippen LogP contribution is 2.22. The number of thioether (sulfide) groups is 1. The summed E-state index contributed by atoms with van der Waals surface area (Å²) in [5, 5.41) is 12.1. The van der Waals surface area contributed by atoms with E-state index < -0.39 is 24.0 Å². The smallest absolute Gasteiger partial charge is 0.326 e. The summed E-state index contributed by atoms with van der Waals surface area (Å²) < 4.78 is 0. The minimum Gasteiger partial charge on any atom is -0.480 e. The first-order valence-corrected chi connectivity index (χ1v) is 10.8. The summed E-state index contributed by atoms with van der Waals surface area (Å²) in [5.41, 5.74) is 1.00. The number of amides is 2. The zero-order valence-electron chi connectivity index (χ0n) is 16.8. The van der Waals surface area contributed by atoms with E-state index in [0.717, 1.165) is 17.3 Å². The summed E-state index contributed by atoms with van der Waals surface area (Å²) in [4.78, 5) is 49.7. The number of aryl methyl sites for hydroxylation is 1. The number of hydrogen-bond acceptors (Lipinski definition) is 5. The molecule has 1 saturated heterocycles. The molecule has 1 fully saturated rings. The van der Waals surface area contributed by atoms with Crippen molar-refractivity contribution in [3.8, 4) is 0 Å². The van der Waals surface area contributed by atoms with E-state index >= 15 is 0 Å². The highest BCUT2D eigenvalue weighted by atomic mass is 32.2. The van der Waals surface area contributed by atoms with Gasteiger partial charge in [-0.3, -0.25) is 14.4 Å². The normalized spacial score (nSPS) is 18.1. The van der Waals surface area contributed by atoms with Gasteiger partial charge in [-0.1, -0.05) is 49.0 Å². The average Bonchev–Trinajstić information content (AvgIpc) is 3.19. The molecule has 2 amide bonds. The summed E-state index contributed by atoms with van der Waals surface area (Å²) in [6.45, 7) is 3.66. The number of carboxylic acids is 1. The van der Waals surface area contributed by atoms with E-state index in [2.05, 4.69) is 5.32 Å². The third-order valence-corrected chi connectivity index (χ3v) is 6.05. The number of rotatable bonds is 9. The van der Waals surface area contributed by atoms with Gasteiger partial charge in [-0.2, -0.15) is 0 Å². The van der Waals surface area contributed by atoms with Crippen molar-refractivity contribution in [3.05, 3.63) is 35.9 Å². The highest BCUT2D eigenvalue weighted by molar-refractivity contribution is 8.13. The second kappa shape index (κ2) is 11.0. The molecule has 8 heteroatoms. The van der Waals surface area contributed by atoms with Gasteiger partial charge in [0.2, 0.25) is 11.8 Å². The van der Waals surface area contributed by atoms with Crippen molar-refractivity contribution in [1.29, 1.82) is 0 Å². The first kappa shape index (κ1) is 22.9. The minimum absolute atomic E-state index is 0.0527. The molecule has 0 saturated carbocycles. The molecule has 29 heavy (non-hydrogen) atoms. The molecule has 0 unspecified atom stereocenters. The predicted molar refractivity (Wildman–Crippen MR) is 111 cm³/mol. The number of benzene rings is 1. The lowest BCUT2D eigenvalue weighted by molar-refractivity contribution is -0.144. The molecule has 1 aliphatic heterocycles. The zero-order chi connectivity index (χ0) is 21.4. The van der Waals surface area contributed by atoms with Crippen LogP contribution in [0, 0.1) is 5.92 Å². The fraction of sp³-hybridized carbons (Fsp3) is 0.524. The molecule has 0 aliphatic carbocycles. The molecular weight excluding hydrogens is 392 g/mol. The molecule has 158 valence electrons. The summed E-state index contributed by atoms with van der Waals surface area (Å²) in [5.74, 6) is -1.70. The van der Waals surface area contributed by atoms with Gasteiger partial charge in [0.1, 0.15) is 12.1 Å². The van der Waals surface area contributed by atoms with Gasteiger partial charge < -0.3 is 15.3 Å². The maximum absolute atomic E-state index is 12.7. The Morgan fingerprint density at radius 1 is 1.24 bits per heavy atom. The fourth-order valence-corrected chi connectivity index (χ4v) is 4.01. The summed E-state index contributed by atoms with van der Waals surface area (Å²) in [6.07, 6.45) is 2.01. The van der Waals surface area contributed by atoms with Crippen LogP contribution in [0.5, 0.6) is 0 Å². The van der Waals surface area contributed by atoms with Crippen molar-refractivity contribution >= 4 is 34.7 Å². The van der Waals surface area contributed by atoms with Gasteiger partial charge >= 0.3 is 5.97 Å². The van der Waals surface area contributed by atoms with Crippen LogP contribution in [0.1, 0.15) is 38.7 Å². The zero-order valence-corrected chi connectivity index (χ0v) is 17.6. The average molecular weight is 421 g/mol. The maximum atomic E-state index is 12.7. The Balaban J connectivity index is 1.96. The number of aliphatic carboxylic acids is 1. The molecule has 1 aliphatic rings. The third-order valence-electron chi connectivity index (χ3n) is 4.98. The van der Waals surface area contributed by atoms with Crippen LogP contribution in [0.15, 0.2) is 30.3 Å². The van der Waals surface area contributed by atoms with Crippen LogP contribution in [0.2, 0.25) is 0 Å². The third kappa shape index (κ3) is 6.88. The van der Waals surface area contributed by atoms with E-state index in [0.29, 0.717) is 31.6 Å². The van der Waals surface area contributed by atoms with Crippen molar-refractivity contribution in [2.24, 2.45) is 5.92 Å². The Hall–Kier alpha value is -2.35. The summed E-state index contributed by atoms with van der Waals surface area (Å²) in [7, 11) is 0. The standard InChI is InChI=1S/C21H28N2O5S/c1-14(13-29-15(2)24)20(26)23-12-6-9-18(23)19(25)22-17(21(27)28)11-10-16-7-4-3-5-8-16/h3-5,7-8,14,17-18H,6,9-13H2,1-2H3,(H,22,25)(H,27,28)/t14-,17+,18+/m1/s1. The molecule has 0 bridgehead atoms. The molecule has 2 N–H and O–H groups in total. The van der Waals surface area contributed by atoms with Crippen molar-refractivity contribution < 1.29 is 24.3 Å². The van der Waals surface area contributed by atoms with E-state index in [1.807, 2.05) is 30.3 Å². The first-order valence-electron chi connectivity index (χ1n) is 9.80. The Bertz CT molecular complexity index is 740. The largest absolute Gasteiger partial charge is 0.480 e. The number of carbonyl (C=O) groups is 4. The minimum atomic E-state index is -1.09. The maximum Gasteiger partial charge on any atom is 0.326 e. The molecule has 0 aromatic heterocycles. The Kier molecular flexibility index (Phi) is 8.70. The molecule has 1 aromatic carbocycles. The molecule has 1 heterocycles. The lowest BCUT2D eigenvalue weighted by Gasteiger charge is -2.27. The van der Waals surface area contributed by atoms with E-state index in [4.69, 9.17) is 0 Å². The SMILES string of the molecule is CC(=O)SC[C@@H](C)C(=O)N1CCC[C@H]1C(=O)N[C@@H](CCc1ccccc1)C(=O)O. The van der Waals surface area contributed by atoms with Crippen molar-refractivity contribution in [2.75, 3.05) is 12.3 Å². The predicted octanol–water partition coefficient (Wildman–Crippen LogP) is 2.10. The monoisotopic (exact) mass is 420 g/mol. The van der Waals surface area contributed by atoms with Crippen LogP contribution in [0.4, 0.5) is 0 Å². The van der Waals surface area contributed by atoms with Gasteiger partial charge in [0.25, 0.3) is 0 Å². The van der Waals surface area contributed by atoms with Crippen LogP contribution in [-0.4, -0.2) is 57.3 Å². The lowest BCUT2D eigenvalue weighted by atomic mass is 10.0. The van der Waals surface area contributed by atoms with Crippen LogP contribution in [-0.2, 0) is 25.6 Å². The van der Waals surface area contributed by atoms with Gasteiger partial charge in [-0.25, -0.2) is 4.79 Å². The molecule has 0 radical (unpaired) electrons. The topological polar surface area (TPSA) is 104 Å². The molecule has 1 aromatic rings. The number of hydrogen-bond donors (Lipinski definition) is 2. The number of nitrogens with one attached hydrogen (secondary N) is 1. The lowest BCUT2D eigenvalue weighted by Crippen LogP contribution is -2.52. The van der Waals surface area contributed by atoms with Gasteiger partial charge in [0.05, 0.1) is 0 Å². The Morgan fingerprint density at radius 2 is 1.93 bits per heavy atom. The van der Waals surface area contributed by atoms with Gasteiger partial charge in [-0.15, -0.1) is 0 Å². The van der Waals surface area contributed by atoms with Gasteiger partial charge in [0.15, 0.2) is 5.12 Å². The Labute approximate surface area is 175 Å². The molecule has 0 spiro atoms. The second-order valence-corrected chi connectivity index (χ2v) is 8.51. The summed E-state index contributed by atoms with van der Waals surface area (Å²) >= 11 is 1.09. The van der Waals surface area contributed by atoms with Crippen molar-refractivity contribution in [3.63, 3.8) is 0 Å². The Morgan fingerprint density at radius 3 is 2.55 bits per heavy atom. The number of carboxylic acid groups (broad SMARTS) is 1. The van der Waals surface area contributed by atoms with E-state index in [9.17, 15) is 24.3 Å². The quantitative estimate of drug-likeness (QED) is 0.634. The highest BCUT2D eigenvalue weighted by Gasteiger charge is 2.37. The van der Waals surface area contributed by atoms with E-state index in [-0.39, 0.29) is 23.4 Å². The fourth-order valence-electron chi connectivity index (χ4n) is 3.38. The number of nitrogens with zero attached hydrogens (tertiary/aromatic N) is 1. The number of carbonyl (C=O) groups excluding carboxylic acids is 3. The van der Waals surface area contributed by atoms with Gasteiger partial charge in [0, 0.05) is 25.1 Å². The van der Waals surface area contributed by atoms with Crippen molar-refractivity contribution in [1.82, 2.24) is 10.2 Å². The second-order valence-electron chi connectivity index (χ2n) is 7.32. The summed E-state index contributed by atoms with van der Waals surface area (Å²) in [6, 6.07) is 7.82. The molecular formula is C21H28N2O5S. The van der Waals surface area contributed by atoms with Crippen LogP contribution in [0.25, 0.3) is 0 Å².